The van der Waals surface area contributed by atoms with Crippen LogP contribution in [0, 0.1) is 0 Å². The first-order valence-corrected chi connectivity index (χ1v) is 14.4. The fourth-order valence-corrected chi connectivity index (χ4v) is 5.19. The average molecular weight is 478 g/mol. The summed E-state index contributed by atoms with van der Waals surface area (Å²) < 4.78 is 0. The number of carbonyl (C=O) groups excluding carboxylic acids is 2. The van der Waals surface area contributed by atoms with Gasteiger partial charge in [-0.2, -0.15) is 0 Å². The number of amides is 2. The second-order valence-corrected chi connectivity index (χ2v) is 10.7. The van der Waals surface area contributed by atoms with E-state index in [0.717, 1.165) is 50.2 Å². The molecule has 0 heterocycles. The van der Waals surface area contributed by atoms with Crippen LogP contribution < -0.4 is 27.0 Å². The molecule has 0 radical (unpaired) electrons. The number of nitrogens with two attached hydrogens (primary N) is 1. The van der Waals surface area contributed by atoms with Gasteiger partial charge in [-0.1, -0.05) is 48.8 Å². The lowest BCUT2D eigenvalue weighted by Crippen LogP contribution is -2.46. The van der Waals surface area contributed by atoms with Gasteiger partial charge in [0.2, 0.25) is 11.8 Å². The summed E-state index contributed by atoms with van der Waals surface area (Å²) in [5.41, 5.74) is 5.51. The van der Waals surface area contributed by atoms with Crippen LogP contribution in [-0.4, -0.2) is 67.6 Å². The SMILES string of the molecule is CCCNC(CC)(CCC)CCC(=O)NCCNC(C)CC(=O)NCCSSCCN. The van der Waals surface area contributed by atoms with E-state index in [4.69, 9.17) is 5.73 Å². The Morgan fingerprint density at radius 1 is 0.903 bits per heavy atom. The van der Waals surface area contributed by atoms with E-state index in [1.165, 1.54) is 0 Å². The molecule has 0 aliphatic heterocycles. The van der Waals surface area contributed by atoms with Crippen LogP contribution >= 0.6 is 21.6 Å². The van der Waals surface area contributed by atoms with Crippen LogP contribution in [-0.2, 0) is 9.59 Å². The van der Waals surface area contributed by atoms with Crippen LogP contribution in [0.1, 0.15) is 72.6 Å². The fourth-order valence-electron chi connectivity index (χ4n) is 3.43. The van der Waals surface area contributed by atoms with E-state index >= 15 is 0 Å². The maximum atomic E-state index is 12.3. The van der Waals surface area contributed by atoms with E-state index in [1.807, 2.05) is 6.92 Å². The van der Waals surface area contributed by atoms with Crippen LogP contribution in [0.2, 0.25) is 0 Å². The summed E-state index contributed by atoms with van der Waals surface area (Å²) in [6, 6.07) is 0.0757. The van der Waals surface area contributed by atoms with E-state index in [0.29, 0.717) is 39.0 Å². The summed E-state index contributed by atoms with van der Waals surface area (Å²) in [4.78, 5) is 24.2. The molecule has 2 atom stereocenters. The molecule has 0 aliphatic carbocycles. The van der Waals surface area contributed by atoms with Gasteiger partial charge in [0.25, 0.3) is 0 Å². The predicted molar refractivity (Wildman–Crippen MR) is 138 cm³/mol. The molecule has 2 amide bonds. The maximum absolute atomic E-state index is 12.3. The molecule has 31 heavy (non-hydrogen) atoms. The van der Waals surface area contributed by atoms with Crippen molar-refractivity contribution in [2.75, 3.05) is 44.2 Å². The Hall–Kier alpha value is -0.480. The van der Waals surface area contributed by atoms with Crippen molar-refractivity contribution in [3.8, 4) is 0 Å². The van der Waals surface area contributed by atoms with Crippen molar-refractivity contribution in [3.05, 3.63) is 0 Å². The van der Waals surface area contributed by atoms with Crippen molar-refractivity contribution in [1.82, 2.24) is 21.3 Å². The molecule has 9 heteroatoms. The number of rotatable bonds is 21. The molecule has 0 aliphatic rings. The Balaban J connectivity index is 3.94. The second kappa shape index (κ2) is 20.1. The van der Waals surface area contributed by atoms with Crippen LogP contribution in [0.15, 0.2) is 0 Å². The first kappa shape index (κ1) is 30.5. The van der Waals surface area contributed by atoms with Gasteiger partial charge in [-0.05, 0) is 39.2 Å². The summed E-state index contributed by atoms with van der Waals surface area (Å²) >= 11 is 0. The molecule has 7 nitrogen and oxygen atoms in total. The predicted octanol–water partition coefficient (Wildman–Crippen LogP) is 2.66. The second-order valence-electron chi connectivity index (χ2n) is 8.00. The lowest BCUT2D eigenvalue weighted by molar-refractivity contribution is -0.122. The van der Waals surface area contributed by atoms with Gasteiger partial charge >= 0.3 is 0 Å². The Labute approximate surface area is 198 Å². The highest BCUT2D eigenvalue weighted by Crippen LogP contribution is 2.23. The zero-order valence-corrected chi connectivity index (χ0v) is 21.8. The van der Waals surface area contributed by atoms with Crippen LogP contribution in [0.3, 0.4) is 0 Å². The molecule has 6 N–H and O–H groups in total. The number of hydrogen-bond acceptors (Lipinski definition) is 7. The van der Waals surface area contributed by atoms with Gasteiger partial charge in [-0.3, -0.25) is 9.59 Å². The monoisotopic (exact) mass is 477 g/mol. The summed E-state index contributed by atoms with van der Waals surface area (Å²) in [5.74, 6) is 1.98. The van der Waals surface area contributed by atoms with E-state index in [1.54, 1.807) is 21.6 Å². The van der Waals surface area contributed by atoms with Gasteiger partial charge in [-0.25, -0.2) is 0 Å². The van der Waals surface area contributed by atoms with E-state index in [2.05, 4.69) is 42.0 Å². The Bertz CT molecular complexity index is 471. The smallest absolute Gasteiger partial charge is 0.221 e. The lowest BCUT2D eigenvalue weighted by atomic mass is 9.85. The van der Waals surface area contributed by atoms with Crippen LogP contribution in [0.4, 0.5) is 0 Å². The molecule has 0 spiro atoms. The summed E-state index contributed by atoms with van der Waals surface area (Å²) in [6.45, 7) is 12.2. The van der Waals surface area contributed by atoms with Gasteiger partial charge in [-0.15, -0.1) is 0 Å². The zero-order chi connectivity index (χ0) is 23.4. The third kappa shape index (κ3) is 16.8. The van der Waals surface area contributed by atoms with Gasteiger partial charge in [0.05, 0.1) is 0 Å². The number of nitrogens with one attached hydrogen (secondary N) is 4. The van der Waals surface area contributed by atoms with Crippen molar-refractivity contribution >= 4 is 33.4 Å². The minimum Gasteiger partial charge on any atom is -0.355 e. The Morgan fingerprint density at radius 3 is 2.26 bits per heavy atom. The van der Waals surface area contributed by atoms with Crippen molar-refractivity contribution in [2.24, 2.45) is 5.73 Å². The highest BCUT2D eigenvalue weighted by molar-refractivity contribution is 8.76. The van der Waals surface area contributed by atoms with Crippen molar-refractivity contribution < 1.29 is 9.59 Å². The van der Waals surface area contributed by atoms with E-state index < -0.39 is 0 Å². The van der Waals surface area contributed by atoms with Gasteiger partial charge < -0.3 is 27.0 Å². The Morgan fingerprint density at radius 2 is 1.61 bits per heavy atom. The third-order valence-electron chi connectivity index (χ3n) is 5.21. The van der Waals surface area contributed by atoms with Crippen LogP contribution in [0.25, 0.3) is 0 Å². The van der Waals surface area contributed by atoms with E-state index in [9.17, 15) is 9.59 Å². The molecule has 2 unspecified atom stereocenters. The normalized spacial score (nSPS) is 14.1. The first-order chi connectivity index (χ1) is 14.9. The standard InChI is InChI=1S/C22H47N5O2S2/c1-5-9-22(7-3,27-12-6-2)10-8-20(28)25-14-13-24-19(4)18-21(29)26-15-17-31-30-16-11-23/h19,24,27H,5-18,23H2,1-4H3,(H,25,28)(H,26,29). The largest absolute Gasteiger partial charge is 0.355 e. The third-order valence-corrected chi connectivity index (χ3v) is 7.65. The molecule has 0 aromatic rings. The van der Waals surface area contributed by atoms with Crippen molar-refractivity contribution in [3.63, 3.8) is 0 Å². The maximum Gasteiger partial charge on any atom is 0.221 e. The summed E-state index contributed by atoms with van der Waals surface area (Å²) in [6.07, 6.45) is 6.22. The summed E-state index contributed by atoms with van der Waals surface area (Å²) in [7, 11) is 3.47. The molecule has 0 saturated carbocycles. The topological polar surface area (TPSA) is 108 Å². The number of hydrogen-bond donors (Lipinski definition) is 5. The zero-order valence-electron chi connectivity index (χ0n) is 20.2. The van der Waals surface area contributed by atoms with Gasteiger partial charge in [0.1, 0.15) is 0 Å². The molecular formula is C22H47N5O2S2. The van der Waals surface area contributed by atoms with Crippen LogP contribution in [0.5, 0.6) is 0 Å². The highest BCUT2D eigenvalue weighted by Gasteiger charge is 2.26. The molecule has 0 aromatic heterocycles. The number of carbonyl (C=O) groups is 2. The van der Waals surface area contributed by atoms with Crippen molar-refractivity contribution in [1.29, 1.82) is 0 Å². The first-order valence-electron chi connectivity index (χ1n) is 11.9. The lowest BCUT2D eigenvalue weighted by Gasteiger charge is -2.34. The minimum absolute atomic E-state index is 0.0554. The Kier molecular flexibility index (Phi) is 19.8. The van der Waals surface area contributed by atoms with E-state index in [-0.39, 0.29) is 23.4 Å². The molecule has 0 saturated heterocycles. The molecule has 0 aromatic carbocycles. The minimum atomic E-state index is 0.0554. The molecule has 0 fully saturated rings. The molecular weight excluding hydrogens is 430 g/mol. The van der Waals surface area contributed by atoms with Gasteiger partial charge in [0, 0.05) is 62.1 Å². The fraction of sp³-hybridized carbons (Fsp3) is 0.909. The quantitative estimate of drug-likeness (QED) is 0.128. The summed E-state index contributed by atoms with van der Waals surface area (Å²) in [5, 5.41) is 12.9. The van der Waals surface area contributed by atoms with Crippen molar-refractivity contribution in [2.45, 2.75) is 84.2 Å². The molecule has 184 valence electrons. The average Bonchev–Trinajstić information content (AvgIpc) is 2.75. The molecule has 0 bridgehead atoms. The highest BCUT2D eigenvalue weighted by atomic mass is 33.1. The van der Waals surface area contributed by atoms with Gasteiger partial charge in [0.15, 0.2) is 0 Å². The molecule has 0 rings (SSSR count).